The molecule has 1 amide bonds. The number of pyridine rings is 1. The van der Waals surface area contributed by atoms with Crippen molar-refractivity contribution in [3.05, 3.63) is 23.5 Å². The highest BCUT2D eigenvalue weighted by atomic mass is 16.5. The summed E-state index contributed by atoms with van der Waals surface area (Å²) in [5.41, 5.74) is 12.9. The van der Waals surface area contributed by atoms with E-state index < -0.39 is 0 Å². The molecule has 0 radical (unpaired) electrons. The van der Waals surface area contributed by atoms with Gasteiger partial charge in [0.15, 0.2) is 11.6 Å². The van der Waals surface area contributed by atoms with Crippen molar-refractivity contribution in [1.29, 1.82) is 0 Å². The van der Waals surface area contributed by atoms with Gasteiger partial charge in [-0.15, -0.1) is 0 Å². The van der Waals surface area contributed by atoms with Crippen LogP contribution in [-0.2, 0) is 11.2 Å². The van der Waals surface area contributed by atoms with Crippen LogP contribution in [0.15, 0.2) is 12.4 Å². The first kappa shape index (κ1) is 14.1. The summed E-state index contributed by atoms with van der Waals surface area (Å²) in [5, 5.41) is 2.70. The molecule has 22 heavy (non-hydrogen) atoms. The molecule has 0 spiro atoms. The summed E-state index contributed by atoms with van der Waals surface area (Å²) >= 11 is 0. The van der Waals surface area contributed by atoms with E-state index in [0.717, 1.165) is 5.56 Å². The van der Waals surface area contributed by atoms with Gasteiger partial charge in [0.25, 0.3) is 0 Å². The minimum Gasteiger partial charge on any atom is -0.451 e. The minimum absolute atomic E-state index is 0.0748. The molecule has 0 unspecified atom stereocenters. The Labute approximate surface area is 126 Å². The molecule has 0 aliphatic carbocycles. The highest BCUT2D eigenvalue weighted by molar-refractivity contribution is 5.99. The lowest BCUT2D eigenvalue weighted by atomic mass is 10.0. The number of nitrogens with two attached hydrogens (primary N) is 2. The monoisotopic (exact) mass is 300 g/mol. The fraction of sp³-hybridized carbons (Fsp3) is 0.286. The van der Waals surface area contributed by atoms with E-state index >= 15 is 0 Å². The average molecular weight is 300 g/mol. The summed E-state index contributed by atoms with van der Waals surface area (Å²) in [4.78, 5) is 23.7. The zero-order valence-corrected chi connectivity index (χ0v) is 12.3. The molecule has 0 atom stereocenters. The summed E-state index contributed by atoms with van der Waals surface area (Å²) < 4.78 is 5.91. The number of aromatic nitrogens is 3. The number of hydrogen-bond donors (Lipinski definition) is 3. The Hall–Kier alpha value is -2.90. The van der Waals surface area contributed by atoms with Crippen LogP contribution in [0.25, 0.3) is 0 Å². The molecule has 8 heteroatoms. The van der Waals surface area contributed by atoms with Gasteiger partial charge in [-0.1, -0.05) is 13.8 Å². The molecule has 0 aromatic carbocycles. The van der Waals surface area contributed by atoms with Gasteiger partial charge in [0, 0.05) is 17.3 Å². The Morgan fingerprint density at radius 3 is 2.73 bits per heavy atom. The number of rotatable bonds is 3. The Balaban J connectivity index is 2.09. The third-order valence-electron chi connectivity index (χ3n) is 3.39. The molecule has 2 aromatic rings. The predicted octanol–water partition coefficient (Wildman–Crippen LogP) is 1.45. The van der Waals surface area contributed by atoms with Crippen LogP contribution in [0.2, 0.25) is 0 Å². The van der Waals surface area contributed by atoms with E-state index in [4.69, 9.17) is 16.2 Å². The van der Waals surface area contributed by atoms with Gasteiger partial charge >= 0.3 is 0 Å². The van der Waals surface area contributed by atoms with Crippen LogP contribution < -0.4 is 21.5 Å². The SMILES string of the molecule is CC(C)c1cnc2c(c1Oc1cnc(N)nc1N)CC(=O)N2. The van der Waals surface area contributed by atoms with Crippen molar-refractivity contribution in [2.45, 2.75) is 26.2 Å². The number of nitrogen functional groups attached to an aromatic ring is 2. The van der Waals surface area contributed by atoms with Gasteiger partial charge in [0.2, 0.25) is 11.9 Å². The number of carbonyl (C=O) groups is 1. The number of nitrogens with one attached hydrogen (secondary N) is 1. The van der Waals surface area contributed by atoms with E-state index in [2.05, 4.69) is 20.3 Å². The molecule has 1 aliphatic rings. The number of nitrogens with zero attached hydrogens (tertiary/aromatic N) is 3. The maximum Gasteiger partial charge on any atom is 0.230 e. The fourth-order valence-corrected chi connectivity index (χ4v) is 2.28. The lowest BCUT2D eigenvalue weighted by molar-refractivity contribution is -0.115. The normalized spacial score (nSPS) is 13.1. The first-order valence-electron chi connectivity index (χ1n) is 6.83. The zero-order valence-electron chi connectivity index (χ0n) is 12.3. The molecule has 114 valence electrons. The topological polar surface area (TPSA) is 129 Å². The van der Waals surface area contributed by atoms with Gasteiger partial charge < -0.3 is 21.5 Å². The van der Waals surface area contributed by atoms with Gasteiger partial charge in [0.05, 0.1) is 12.6 Å². The van der Waals surface area contributed by atoms with Gasteiger partial charge in [-0.3, -0.25) is 4.79 Å². The van der Waals surface area contributed by atoms with Crippen LogP contribution in [0.4, 0.5) is 17.6 Å². The molecule has 5 N–H and O–H groups in total. The van der Waals surface area contributed by atoms with Crippen molar-refractivity contribution in [2.24, 2.45) is 0 Å². The van der Waals surface area contributed by atoms with Crippen LogP contribution >= 0.6 is 0 Å². The molecule has 3 heterocycles. The fourth-order valence-electron chi connectivity index (χ4n) is 2.28. The molecule has 0 saturated carbocycles. The maximum absolute atomic E-state index is 11.6. The molecule has 8 nitrogen and oxygen atoms in total. The van der Waals surface area contributed by atoms with Gasteiger partial charge in [-0.2, -0.15) is 4.98 Å². The van der Waals surface area contributed by atoms with Gasteiger partial charge in [-0.05, 0) is 5.92 Å². The summed E-state index contributed by atoms with van der Waals surface area (Å²) in [5.74, 6) is 1.65. The molecule has 0 bridgehead atoms. The lowest BCUT2D eigenvalue weighted by Gasteiger charge is -2.16. The van der Waals surface area contributed by atoms with E-state index in [1.165, 1.54) is 6.20 Å². The second kappa shape index (κ2) is 5.14. The van der Waals surface area contributed by atoms with Crippen molar-refractivity contribution in [3.8, 4) is 11.5 Å². The van der Waals surface area contributed by atoms with Crippen molar-refractivity contribution in [3.63, 3.8) is 0 Å². The van der Waals surface area contributed by atoms with Crippen molar-refractivity contribution < 1.29 is 9.53 Å². The number of ether oxygens (including phenoxy) is 1. The van der Waals surface area contributed by atoms with Crippen LogP contribution in [0.1, 0.15) is 30.9 Å². The van der Waals surface area contributed by atoms with Crippen LogP contribution in [0.5, 0.6) is 11.5 Å². The van der Waals surface area contributed by atoms with E-state index in [9.17, 15) is 4.79 Å². The quantitative estimate of drug-likeness (QED) is 0.782. The molecule has 3 rings (SSSR count). The summed E-state index contributed by atoms with van der Waals surface area (Å²) in [6.45, 7) is 4.03. The van der Waals surface area contributed by atoms with Crippen molar-refractivity contribution >= 4 is 23.5 Å². The number of hydrogen-bond acceptors (Lipinski definition) is 7. The highest BCUT2D eigenvalue weighted by Crippen LogP contribution is 2.39. The Bertz CT molecular complexity index is 759. The summed E-state index contributed by atoms with van der Waals surface area (Å²) in [6, 6.07) is 0. The standard InChI is InChI=1S/C14H16N6O2/c1-6(2)8-4-17-13-7(3-10(21)19-13)11(8)22-9-5-18-14(16)20-12(9)15/h4-6H,3H2,1-2H3,(H,17,19,21)(H4,15,16,18,20). The lowest BCUT2D eigenvalue weighted by Crippen LogP contribution is -2.04. The predicted molar refractivity (Wildman–Crippen MR) is 81.6 cm³/mol. The average Bonchev–Trinajstić information content (AvgIpc) is 2.82. The van der Waals surface area contributed by atoms with E-state index in [0.29, 0.717) is 22.9 Å². The summed E-state index contributed by atoms with van der Waals surface area (Å²) in [6.07, 6.45) is 3.32. The Morgan fingerprint density at radius 2 is 2.05 bits per heavy atom. The molecule has 0 fully saturated rings. The highest BCUT2D eigenvalue weighted by Gasteiger charge is 2.27. The molecular formula is C14H16N6O2. The third-order valence-corrected chi connectivity index (χ3v) is 3.39. The second-order valence-electron chi connectivity index (χ2n) is 5.33. The number of carbonyl (C=O) groups excluding carboxylic acids is 1. The van der Waals surface area contributed by atoms with Gasteiger partial charge in [0.1, 0.15) is 11.6 Å². The van der Waals surface area contributed by atoms with Crippen molar-refractivity contribution in [2.75, 3.05) is 16.8 Å². The maximum atomic E-state index is 11.6. The molecule has 1 aliphatic heterocycles. The molecule has 2 aromatic heterocycles. The van der Waals surface area contributed by atoms with E-state index in [1.54, 1.807) is 6.20 Å². The van der Waals surface area contributed by atoms with Crippen LogP contribution in [0.3, 0.4) is 0 Å². The Morgan fingerprint density at radius 1 is 1.27 bits per heavy atom. The first-order valence-corrected chi connectivity index (χ1v) is 6.83. The second-order valence-corrected chi connectivity index (χ2v) is 5.33. The van der Waals surface area contributed by atoms with Crippen LogP contribution in [0, 0.1) is 0 Å². The summed E-state index contributed by atoms with van der Waals surface area (Å²) in [7, 11) is 0. The number of fused-ring (bicyclic) bond motifs is 1. The largest absolute Gasteiger partial charge is 0.451 e. The number of anilines is 3. The smallest absolute Gasteiger partial charge is 0.230 e. The minimum atomic E-state index is -0.116. The molecule has 0 saturated heterocycles. The van der Waals surface area contributed by atoms with E-state index in [-0.39, 0.29) is 30.0 Å². The van der Waals surface area contributed by atoms with E-state index in [1.807, 2.05) is 13.8 Å². The van der Waals surface area contributed by atoms with Gasteiger partial charge in [-0.25, -0.2) is 9.97 Å². The van der Waals surface area contributed by atoms with Crippen molar-refractivity contribution in [1.82, 2.24) is 15.0 Å². The first-order chi connectivity index (χ1) is 10.5. The zero-order chi connectivity index (χ0) is 15.9. The Kier molecular flexibility index (Phi) is 3.28. The number of amides is 1. The van der Waals surface area contributed by atoms with Crippen LogP contribution in [-0.4, -0.2) is 20.9 Å². The molecular weight excluding hydrogens is 284 g/mol. The third kappa shape index (κ3) is 2.39.